The van der Waals surface area contributed by atoms with Gasteiger partial charge in [0.25, 0.3) is 5.56 Å². The quantitative estimate of drug-likeness (QED) is 0.454. The summed E-state index contributed by atoms with van der Waals surface area (Å²) in [5.41, 5.74) is 0.803. The van der Waals surface area contributed by atoms with E-state index in [0.717, 1.165) is 5.56 Å². The van der Waals surface area contributed by atoms with Crippen LogP contribution in [0, 0.1) is 0 Å². The van der Waals surface area contributed by atoms with Gasteiger partial charge in [0.1, 0.15) is 5.82 Å². The maximum absolute atomic E-state index is 12.8. The molecule has 0 amide bonds. The van der Waals surface area contributed by atoms with Crippen molar-refractivity contribution in [3.63, 3.8) is 0 Å². The molecule has 158 valence electrons. The van der Waals surface area contributed by atoms with Gasteiger partial charge in [-0.05, 0) is 37.6 Å². The Morgan fingerprint density at radius 3 is 2.40 bits per heavy atom. The molecule has 3 rings (SSSR count). The molecule has 9 nitrogen and oxygen atoms in total. The Balaban J connectivity index is 2.08. The van der Waals surface area contributed by atoms with Crippen molar-refractivity contribution in [2.75, 3.05) is 7.11 Å². The minimum atomic E-state index is -0.434. The summed E-state index contributed by atoms with van der Waals surface area (Å²) < 4.78 is 14.8. The molecule has 0 N–H and O–H groups in total. The highest BCUT2D eigenvalue weighted by atomic mass is 16.6. The molecule has 2 aromatic heterocycles. The van der Waals surface area contributed by atoms with Gasteiger partial charge in [0.2, 0.25) is 0 Å². The monoisotopic (exact) mass is 412 g/mol. The van der Waals surface area contributed by atoms with Crippen LogP contribution in [0.4, 0.5) is 0 Å². The summed E-state index contributed by atoms with van der Waals surface area (Å²) in [5, 5.41) is 0. The van der Waals surface area contributed by atoms with E-state index in [-0.39, 0.29) is 11.2 Å². The normalized spacial score (nSPS) is 11.4. The first-order valence-electron chi connectivity index (χ1n) is 9.56. The lowest BCUT2D eigenvalue weighted by atomic mass is 10.2. The topological polar surface area (TPSA) is 97.3 Å². The number of benzene rings is 1. The lowest BCUT2D eigenvalue weighted by Gasteiger charge is -2.08. The van der Waals surface area contributed by atoms with E-state index in [4.69, 9.17) is 9.47 Å². The number of methoxy groups -OCH3 is 1. The lowest BCUT2D eigenvalue weighted by molar-refractivity contribution is -0.132. The second-order valence-electron chi connectivity index (χ2n) is 6.61. The second-order valence-corrected chi connectivity index (χ2v) is 6.61. The SMILES string of the molecule is CCn1c(=O)c2c(nc(/C=C/c3ccc(OC(C)=O)c(OC)c3)n2C)n(CC)c1=O. The van der Waals surface area contributed by atoms with Crippen molar-refractivity contribution in [2.24, 2.45) is 7.05 Å². The van der Waals surface area contributed by atoms with Crippen LogP contribution in [0.25, 0.3) is 23.3 Å². The molecule has 3 aromatic rings. The molecule has 0 aliphatic carbocycles. The van der Waals surface area contributed by atoms with Gasteiger partial charge in [0, 0.05) is 27.1 Å². The number of aromatic nitrogens is 4. The lowest BCUT2D eigenvalue weighted by Crippen LogP contribution is -2.39. The van der Waals surface area contributed by atoms with Gasteiger partial charge >= 0.3 is 11.7 Å². The average molecular weight is 412 g/mol. The Hall–Kier alpha value is -3.62. The largest absolute Gasteiger partial charge is 0.493 e. The molecule has 0 aliphatic rings. The van der Waals surface area contributed by atoms with E-state index < -0.39 is 5.97 Å². The van der Waals surface area contributed by atoms with Crippen molar-refractivity contribution >= 4 is 29.3 Å². The van der Waals surface area contributed by atoms with E-state index in [0.29, 0.717) is 41.6 Å². The second kappa shape index (κ2) is 8.40. The number of carbonyl (C=O) groups excluding carboxylic acids is 1. The number of carbonyl (C=O) groups is 1. The van der Waals surface area contributed by atoms with Crippen molar-refractivity contribution in [3.05, 3.63) is 50.4 Å². The third kappa shape index (κ3) is 3.66. The number of rotatable bonds is 6. The summed E-state index contributed by atoms with van der Waals surface area (Å²) in [6.07, 6.45) is 3.55. The van der Waals surface area contributed by atoms with Gasteiger partial charge in [0.15, 0.2) is 22.7 Å². The van der Waals surface area contributed by atoms with Crippen molar-refractivity contribution in [3.8, 4) is 11.5 Å². The fraction of sp³-hybridized carbons (Fsp3) is 0.333. The summed E-state index contributed by atoms with van der Waals surface area (Å²) in [6, 6.07) is 5.14. The number of fused-ring (bicyclic) bond motifs is 1. The van der Waals surface area contributed by atoms with E-state index in [1.54, 1.807) is 48.9 Å². The van der Waals surface area contributed by atoms with E-state index in [1.807, 2.05) is 6.92 Å². The van der Waals surface area contributed by atoms with Crippen LogP contribution in [0.15, 0.2) is 27.8 Å². The summed E-state index contributed by atoms with van der Waals surface area (Å²) in [6.45, 7) is 5.62. The molecule has 1 aromatic carbocycles. The van der Waals surface area contributed by atoms with Crippen molar-refractivity contribution in [2.45, 2.75) is 33.9 Å². The van der Waals surface area contributed by atoms with Gasteiger partial charge in [-0.2, -0.15) is 0 Å². The predicted octanol–water partition coefficient (Wildman–Crippen LogP) is 2.04. The average Bonchev–Trinajstić information content (AvgIpc) is 3.03. The van der Waals surface area contributed by atoms with Gasteiger partial charge in [-0.15, -0.1) is 0 Å². The fourth-order valence-corrected chi connectivity index (χ4v) is 3.29. The third-order valence-electron chi connectivity index (χ3n) is 4.78. The van der Waals surface area contributed by atoms with Gasteiger partial charge in [-0.1, -0.05) is 12.1 Å². The van der Waals surface area contributed by atoms with Gasteiger partial charge in [-0.3, -0.25) is 18.7 Å². The van der Waals surface area contributed by atoms with Crippen LogP contribution in [-0.2, 0) is 24.9 Å². The van der Waals surface area contributed by atoms with Crippen molar-refractivity contribution in [1.82, 2.24) is 18.7 Å². The first-order chi connectivity index (χ1) is 14.3. The number of hydrogen-bond acceptors (Lipinski definition) is 6. The van der Waals surface area contributed by atoms with Crippen LogP contribution < -0.4 is 20.7 Å². The summed E-state index contributed by atoms with van der Waals surface area (Å²) >= 11 is 0. The Labute approximate surface area is 172 Å². The maximum atomic E-state index is 12.8. The van der Waals surface area contributed by atoms with Crippen LogP contribution in [0.2, 0.25) is 0 Å². The van der Waals surface area contributed by atoms with Crippen LogP contribution in [-0.4, -0.2) is 31.8 Å². The summed E-state index contributed by atoms with van der Waals surface area (Å²) in [5.74, 6) is 0.844. The minimum Gasteiger partial charge on any atom is -0.493 e. The fourth-order valence-electron chi connectivity index (χ4n) is 3.29. The minimum absolute atomic E-state index is 0.290. The highest BCUT2D eigenvalue weighted by molar-refractivity contribution is 5.77. The number of imidazole rings is 1. The highest BCUT2D eigenvalue weighted by Gasteiger charge is 2.17. The van der Waals surface area contributed by atoms with Crippen LogP contribution in [0.3, 0.4) is 0 Å². The summed E-state index contributed by atoms with van der Waals surface area (Å²) in [4.78, 5) is 41.0. The smallest absolute Gasteiger partial charge is 0.332 e. The maximum Gasteiger partial charge on any atom is 0.332 e. The number of nitrogens with zero attached hydrogens (tertiary/aromatic N) is 4. The number of esters is 1. The molecule has 2 heterocycles. The zero-order valence-electron chi connectivity index (χ0n) is 17.6. The van der Waals surface area contributed by atoms with Crippen LogP contribution in [0.1, 0.15) is 32.2 Å². The predicted molar refractivity (Wildman–Crippen MR) is 114 cm³/mol. The first-order valence-corrected chi connectivity index (χ1v) is 9.56. The number of aryl methyl sites for hydroxylation is 2. The van der Waals surface area contributed by atoms with Gasteiger partial charge in [0.05, 0.1) is 7.11 Å². The van der Waals surface area contributed by atoms with E-state index >= 15 is 0 Å². The van der Waals surface area contributed by atoms with E-state index in [9.17, 15) is 14.4 Å². The third-order valence-corrected chi connectivity index (χ3v) is 4.78. The molecule has 9 heteroatoms. The number of hydrogen-bond donors (Lipinski definition) is 0. The molecule has 0 fully saturated rings. The van der Waals surface area contributed by atoms with E-state index in [2.05, 4.69) is 4.98 Å². The Morgan fingerprint density at radius 2 is 1.80 bits per heavy atom. The molecule has 0 unspecified atom stereocenters. The van der Waals surface area contributed by atoms with Crippen molar-refractivity contribution in [1.29, 1.82) is 0 Å². The molecule has 0 atom stereocenters. The molecular weight excluding hydrogens is 388 g/mol. The molecule has 0 bridgehead atoms. The van der Waals surface area contributed by atoms with Crippen LogP contribution in [0.5, 0.6) is 11.5 Å². The molecule has 0 aliphatic heterocycles. The van der Waals surface area contributed by atoms with E-state index in [1.165, 1.54) is 23.2 Å². The Bertz CT molecular complexity index is 1260. The molecule has 0 radical (unpaired) electrons. The number of ether oxygens (including phenoxy) is 2. The molecular formula is C21H24N4O5. The standard InChI is InChI=1S/C21H24N4O5/c1-6-24-19-18(20(27)25(7-2)21(24)28)23(4)17(22-19)11-9-14-8-10-15(30-13(3)26)16(12-14)29-5/h8-12H,6-7H2,1-5H3/b11-9+. The zero-order chi connectivity index (χ0) is 22.0. The Kier molecular flexibility index (Phi) is 5.91. The molecule has 0 saturated carbocycles. The zero-order valence-corrected chi connectivity index (χ0v) is 17.6. The van der Waals surface area contributed by atoms with Gasteiger partial charge < -0.3 is 14.0 Å². The van der Waals surface area contributed by atoms with Gasteiger partial charge in [-0.25, -0.2) is 9.78 Å². The van der Waals surface area contributed by atoms with Crippen molar-refractivity contribution < 1.29 is 14.3 Å². The Morgan fingerprint density at radius 1 is 1.10 bits per heavy atom. The molecule has 30 heavy (non-hydrogen) atoms. The molecule has 0 spiro atoms. The highest BCUT2D eigenvalue weighted by Crippen LogP contribution is 2.29. The summed E-state index contributed by atoms with van der Waals surface area (Å²) in [7, 11) is 3.23. The van der Waals surface area contributed by atoms with Crippen LogP contribution >= 0.6 is 0 Å². The molecule has 0 saturated heterocycles. The first kappa shape index (κ1) is 21.1.